The number of aryl methyl sites for hydroxylation is 1. The Balaban J connectivity index is 2.58. The van der Waals surface area contributed by atoms with E-state index in [1.807, 2.05) is 13.3 Å². The molecule has 0 aliphatic carbocycles. The van der Waals surface area contributed by atoms with Gasteiger partial charge in [0.2, 0.25) is 0 Å². The quantitative estimate of drug-likeness (QED) is 0.609. The van der Waals surface area contributed by atoms with Gasteiger partial charge in [0.15, 0.2) is 0 Å². The molecule has 0 unspecified atom stereocenters. The van der Waals surface area contributed by atoms with Crippen LogP contribution in [-0.4, -0.2) is 9.55 Å². The zero-order chi connectivity index (χ0) is 7.56. The van der Waals surface area contributed by atoms with Crippen LogP contribution in [0.25, 0.3) is 0 Å². The number of hydrogen-bond acceptors (Lipinski definition) is 1. The molecular weight excluding hydrogens is 124 g/mol. The lowest BCUT2D eigenvalue weighted by Gasteiger charge is -2.03. The average molecular weight is 138 g/mol. The summed E-state index contributed by atoms with van der Waals surface area (Å²) in [5, 5.41) is 0. The van der Waals surface area contributed by atoms with E-state index in [1.54, 1.807) is 0 Å². The molecule has 0 bridgehead atoms. The van der Waals surface area contributed by atoms with Crippen molar-refractivity contribution in [1.82, 2.24) is 9.55 Å². The zero-order valence-corrected chi connectivity index (χ0v) is 6.83. The first-order valence-electron chi connectivity index (χ1n) is 3.67. The second kappa shape index (κ2) is 2.86. The summed E-state index contributed by atoms with van der Waals surface area (Å²) in [6, 6.07) is 0. The maximum absolute atomic E-state index is 4.13. The summed E-state index contributed by atoms with van der Waals surface area (Å²) in [6.45, 7) is 7.49. The summed E-state index contributed by atoms with van der Waals surface area (Å²) in [6.07, 6.45) is 3.95. The summed E-state index contributed by atoms with van der Waals surface area (Å²) in [4.78, 5) is 4.13. The second-order valence-electron chi connectivity index (χ2n) is 3.11. The molecule has 10 heavy (non-hydrogen) atoms. The van der Waals surface area contributed by atoms with E-state index >= 15 is 0 Å². The van der Waals surface area contributed by atoms with Gasteiger partial charge in [-0.1, -0.05) is 13.8 Å². The molecule has 0 atom stereocenters. The van der Waals surface area contributed by atoms with Crippen molar-refractivity contribution in [1.29, 1.82) is 0 Å². The van der Waals surface area contributed by atoms with Gasteiger partial charge in [0.1, 0.15) is 0 Å². The molecule has 0 fully saturated rings. The van der Waals surface area contributed by atoms with E-state index in [2.05, 4.69) is 29.6 Å². The van der Waals surface area contributed by atoms with Crippen LogP contribution in [0.4, 0.5) is 0 Å². The largest absolute Gasteiger partial charge is 0.337 e. The minimum atomic E-state index is 0.702. The van der Waals surface area contributed by atoms with Gasteiger partial charge in [0.05, 0.1) is 12.0 Å². The number of imidazole rings is 1. The highest BCUT2D eigenvalue weighted by Gasteiger charge is 1.95. The summed E-state index contributed by atoms with van der Waals surface area (Å²) >= 11 is 0. The van der Waals surface area contributed by atoms with Crippen molar-refractivity contribution in [2.75, 3.05) is 0 Å². The van der Waals surface area contributed by atoms with Crippen LogP contribution in [0.3, 0.4) is 0 Å². The average Bonchev–Trinajstić information content (AvgIpc) is 2.13. The predicted molar refractivity (Wildman–Crippen MR) is 41.8 cm³/mol. The third-order valence-electron chi connectivity index (χ3n) is 1.34. The highest BCUT2D eigenvalue weighted by Crippen LogP contribution is 1.99. The topological polar surface area (TPSA) is 17.8 Å². The van der Waals surface area contributed by atoms with Crippen molar-refractivity contribution < 1.29 is 0 Å². The van der Waals surface area contributed by atoms with Crippen LogP contribution < -0.4 is 0 Å². The Kier molecular flexibility index (Phi) is 2.10. The molecule has 0 aliphatic rings. The molecule has 0 spiro atoms. The van der Waals surface area contributed by atoms with Gasteiger partial charge in [-0.3, -0.25) is 0 Å². The van der Waals surface area contributed by atoms with Crippen molar-refractivity contribution >= 4 is 0 Å². The first kappa shape index (κ1) is 7.32. The van der Waals surface area contributed by atoms with Crippen LogP contribution in [-0.2, 0) is 6.54 Å². The van der Waals surface area contributed by atoms with Crippen molar-refractivity contribution in [3.05, 3.63) is 18.2 Å². The van der Waals surface area contributed by atoms with Crippen LogP contribution in [0.1, 0.15) is 19.5 Å². The minimum absolute atomic E-state index is 0.702. The summed E-state index contributed by atoms with van der Waals surface area (Å²) in [5.41, 5.74) is 1.10. The van der Waals surface area contributed by atoms with Crippen molar-refractivity contribution in [2.45, 2.75) is 27.3 Å². The zero-order valence-electron chi connectivity index (χ0n) is 6.83. The lowest BCUT2D eigenvalue weighted by Crippen LogP contribution is -2.00. The molecule has 0 radical (unpaired) electrons. The molecule has 56 valence electrons. The molecule has 0 aliphatic heterocycles. The predicted octanol–water partition coefficient (Wildman–Crippen LogP) is 1.85. The van der Waals surface area contributed by atoms with Crippen LogP contribution in [0, 0.1) is 12.8 Å². The Morgan fingerprint density at radius 3 is 2.70 bits per heavy atom. The van der Waals surface area contributed by atoms with Crippen molar-refractivity contribution in [3.8, 4) is 0 Å². The van der Waals surface area contributed by atoms with E-state index in [-0.39, 0.29) is 0 Å². The van der Waals surface area contributed by atoms with Gasteiger partial charge in [0, 0.05) is 12.7 Å². The van der Waals surface area contributed by atoms with E-state index in [1.165, 1.54) is 0 Å². The Hall–Kier alpha value is -0.790. The van der Waals surface area contributed by atoms with Crippen LogP contribution >= 0.6 is 0 Å². The smallest absolute Gasteiger partial charge is 0.0949 e. The Labute approximate surface area is 61.9 Å². The number of aromatic nitrogens is 2. The van der Waals surface area contributed by atoms with Gasteiger partial charge in [-0.15, -0.1) is 0 Å². The van der Waals surface area contributed by atoms with Crippen LogP contribution in [0.2, 0.25) is 0 Å². The molecule has 2 heteroatoms. The fraction of sp³-hybridized carbons (Fsp3) is 0.625. The Morgan fingerprint density at radius 2 is 2.30 bits per heavy atom. The second-order valence-corrected chi connectivity index (χ2v) is 3.11. The van der Waals surface area contributed by atoms with Crippen LogP contribution in [0.15, 0.2) is 12.5 Å². The molecule has 0 saturated carbocycles. The van der Waals surface area contributed by atoms with E-state index in [0.29, 0.717) is 5.92 Å². The monoisotopic (exact) mass is 138 g/mol. The third-order valence-corrected chi connectivity index (χ3v) is 1.34. The highest BCUT2D eigenvalue weighted by atomic mass is 15.0. The van der Waals surface area contributed by atoms with Gasteiger partial charge in [-0.25, -0.2) is 4.98 Å². The van der Waals surface area contributed by atoms with Gasteiger partial charge in [-0.05, 0) is 12.8 Å². The van der Waals surface area contributed by atoms with Gasteiger partial charge in [-0.2, -0.15) is 0 Å². The number of hydrogen-bond donors (Lipinski definition) is 0. The minimum Gasteiger partial charge on any atom is -0.337 e. The Morgan fingerprint density at radius 1 is 1.60 bits per heavy atom. The first-order chi connectivity index (χ1) is 4.68. The van der Waals surface area contributed by atoms with E-state index in [4.69, 9.17) is 0 Å². The van der Waals surface area contributed by atoms with Gasteiger partial charge in [0.25, 0.3) is 0 Å². The maximum Gasteiger partial charge on any atom is 0.0949 e. The molecule has 1 heterocycles. The maximum atomic E-state index is 4.13. The molecule has 1 rings (SSSR count). The summed E-state index contributed by atoms with van der Waals surface area (Å²) in [7, 11) is 0. The normalized spacial score (nSPS) is 10.8. The Bertz CT molecular complexity index is 201. The van der Waals surface area contributed by atoms with E-state index in [9.17, 15) is 0 Å². The lowest BCUT2D eigenvalue weighted by atomic mass is 10.2. The summed E-state index contributed by atoms with van der Waals surface area (Å²) < 4.78 is 2.12. The van der Waals surface area contributed by atoms with Crippen molar-refractivity contribution in [3.63, 3.8) is 0 Å². The molecule has 0 N–H and O–H groups in total. The van der Waals surface area contributed by atoms with E-state index in [0.717, 1.165) is 12.2 Å². The highest BCUT2D eigenvalue weighted by molar-refractivity contribution is 4.91. The molecule has 0 saturated heterocycles. The van der Waals surface area contributed by atoms with Crippen LogP contribution in [0.5, 0.6) is 0 Å². The SMILES string of the molecule is Cc1cn(CC(C)C)cn1. The third kappa shape index (κ3) is 1.87. The molecule has 2 nitrogen and oxygen atoms in total. The molecule has 1 aromatic rings. The number of nitrogens with zero attached hydrogens (tertiary/aromatic N) is 2. The molecular formula is C8H14N2. The number of rotatable bonds is 2. The van der Waals surface area contributed by atoms with Gasteiger partial charge >= 0.3 is 0 Å². The lowest BCUT2D eigenvalue weighted by molar-refractivity contribution is 0.522. The molecule has 0 aromatic carbocycles. The molecule has 1 aromatic heterocycles. The van der Waals surface area contributed by atoms with E-state index < -0.39 is 0 Å². The first-order valence-corrected chi connectivity index (χ1v) is 3.67. The molecule has 0 amide bonds. The van der Waals surface area contributed by atoms with Crippen molar-refractivity contribution in [2.24, 2.45) is 5.92 Å². The fourth-order valence-corrected chi connectivity index (χ4v) is 0.993. The summed E-state index contributed by atoms with van der Waals surface area (Å²) in [5.74, 6) is 0.702. The van der Waals surface area contributed by atoms with Gasteiger partial charge < -0.3 is 4.57 Å². The standard InChI is InChI=1S/C8H14N2/c1-7(2)4-10-5-8(3)9-6-10/h5-7H,4H2,1-3H3. The fourth-order valence-electron chi connectivity index (χ4n) is 0.993.